The normalized spacial score (nSPS) is 17.0. The van der Waals surface area contributed by atoms with E-state index in [9.17, 15) is 9.90 Å². The largest absolute Gasteiger partial charge is 0.507 e. The molecule has 2 aromatic rings. The molecule has 1 saturated heterocycles. The molecule has 152 valence electrons. The maximum Gasteiger partial charge on any atom is 0.259 e. The minimum Gasteiger partial charge on any atom is -0.507 e. The quantitative estimate of drug-likeness (QED) is 0.753. The van der Waals surface area contributed by atoms with Gasteiger partial charge in [-0.25, -0.2) is 0 Å². The summed E-state index contributed by atoms with van der Waals surface area (Å²) in [5.41, 5.74) is 2.26. The Bertz CT molecular complexity index is 855. The Morgan fingerprint density at radius 1 is 1.07 bits per heavy atom. The van der Waals surface area contributed by atoms with Gasteiger partial charge in [0.2, 0.25) is 0 Å². The number of thioether (sulfide) groups is 1. The van der Waals surface area contributed by atoms with Crippen molar-refractivity contribution in [1.29, 1.82) is 0 Å². The molecule has 1 unspecified atom stereocenters. The van der Waals surface area contributed by atoms with Crippen molar-refractivity contribution in [2.75, 3.05) is 39.0 Å². The molecular weight excluding hydrogens is 370 g/mol. The molecule has 0 radical (unpaired) electrons. The van der Waals surface area contributed by atoms with E-state index in [0.717, 1.165) is 44.0 Å². The van der Waals surface area contributed by atoms with Gasteiger partial charge in [-0.2, -0.15) is 0 Å². The smallest absolute Gasteiger partial charge is 0.259 e. The SMILES string of the molecule is CCN1CCN(C(c2ccc(SC)cc2)c2c(O)cc(C)n(CC)c2=O)CC1. The summed E-state index contributed by atoms with van der Waals surface area (Å²) in [5.74, 6) is 0.101. The maximum atomic E-state index is 13.3. The molecule has 1 N–H and O–H groups in total. The Labute approximate surface area is 172 Å². The van der Waals surface area contributed by atoms with Gasteiger partial charge in [-0.15, -0.1) is 11.8 Å². The van der Waals surface area contributed by atoms with Gasteiger partial charge in [0, 0.05) is 43.3 Å². The average molecular weight is 402 g/mol. The fourth-order valence-electron chi connectivity index (χ4n) is 4.10. The summed E-state index contributed by atoms with van der Waals surface area (Å²) >= 11 is 1.70. The number of nitrogens with zero attached hydrogens (tertiary/aromatic N) is 3. The molecule has 1 aliphatic heterocycles. The van der Waals surface area contributed by atoms with E-state index in [1.54, 1.807) is 22.4 Å². The topological polar surface area (TPSA) is 48.7 Å². The number of likely N-dealkylation sites (N-methyl/N-ethyl adjacent to an activating group) is 1. The molecule has 28 heavy (non-hydrogen) atoms. The van der Waals surface area contributed by atoms with E-state index in [2.05, 4.69) is 47.2 Å². The molecule has 0 saturated carbocycles. The molecule has 1 aromatic heterocycles. The van der Waals surface area contributed by atoms with E-state index in [1.165, 1.54) is 4.90 Å². The Hall–Kier alpha value is -1.76. The second-order valence-corrected chi connectivity index (χ2v) is 8.16. The molecule has 2 heterocycles. The van der Waals surface area contributed by atoms with Gasteiger partial charge in [-0.3, -0.25) is 9.69 Å². The van der Waals surface area contributed by atoms with Crippen molar-refractivity contribution in [1.82, 2.24) is 14.4 Å². The van der Waals surface area contributed by atoms with Crippen molar-refractivity contribution < 1.29 is 5.11 Å². The summed E-state index contributed by atoms with van der Waals surface area (Å²) in [4.78, 5) is 19.3. The first-order valence-electron chi connectivity index (χ1n) is 10.0. The molecule has 5 nitrogen and oxygen atoms in total. The van der Waals surface area contributed by atoms with Crippen molar-refractivity contribution in [3.05, 3.63) is 57.5 Å². The summed E-state index contributed by atoms with van der Waals surface area (Å²) in [6, 6.07) is 9.87. The average Bonchev–Trinajstić information content (AvgIpc) is 2.71. The van der Waals surface area contributed by atoms with Gasteiger partial charge in [-0.1, -0.05) is 19.1 Å². The summed E-state index contributed by atoms with van der Waals surface area (Å²) in [5, 5.41) is 10.8. The number of hydrogen-bond acceptors (Lipinski definition) is 5. The molecule has 0 bridgehead atoms. The molecule has 6 heteroatoms. The predicted octanol–water partition coefficient (Wildman–Crippen LogP) is 3.33. The predicted molar refractivity (Wildman–Crippen MR) is 117 cm³/mol. The van der Waals surface area contributed by atoms with Gasteiger partial charge in [0.1, 0.15) is 5.75 Å². The number of rotatable bonds is 6. The second-order valence-electron chi connectivity index (χ2n) is 7.28. The fourth-order valence-corrected chi connectivity index (χ4v) is 4.51. The fraction of sp³-hybridized carbons (Fsp3) is 0.500. The van der Waals surface area contributed by atoms with Gasteiger partial charge in [0.05, 0.1) is 11.6 Å². The highest BCUT2D eigenvalue weighted by atomic mass is 32.2. The standard InChI is InChI=1S/C22H31N3O2S/c1-5-23-11-13-24(14-12-23)21(17-7-9-18(28-4)10-8-17)20-19(26)15-16(3)25(6-2)22(20)27/h7-10,15,21,26H,5-6,11-14H2,1-4H3. The Morgan fingerprint density at radius 2 is 1.71 bits per heavy atom. The van der Waals surface area contributed by atoms with E-state index in [4.69, 9.17) is 0 Å². The van der Waals surface area contributed by atoms with Crippen molar-refractivity contribution >= 4 is 11.8 Å². The number of piperazine rings is 1. The van der Waals surface area contributed by atoms with Crippen LogP contribution in [0.1, 0.15) is 36.7 Å². The van der Waals surface area contributed by atoms with Gasteiger partial charge in [0.25, 0.3) is 5.56 Å². The zero-order valence-corrected chi connectivity index (χ0v) is 18.1. The van der Waals surface area contributed by atoms with E-state index < -0.39 is 0 Å². The van der Waals surface area contributed by atoms with Gasteiger partial charge >= 0.3 is 0 Å². The van der Waals surface area contributed by atoms with Crippen LogP contribution in [0.2, 0.25) is 0 Å². The van der Waals surface area contributed by atoms with Crippen LogP contribution in [0.15, 0.2) is 40.0 Å². The van der Waals surface area contributed by atoms with Crippen LogP contribution in [0.25, 0.3) is 0 Å². The first kappa shape index (κ1) is 21.0. The molecule has 0 amide bonds. The van der Waals surface area contributed by atoms with Crippen LogP contribution in [-0.2, 0) is 6.54 Å². The zero-order chi connectivity index (χ0) is 20.3. The number of hydrogen-bond donors (Lipinski definition) is 1. The van der Waals surface area contributed by atoms with Crippen LogP contribution >= 0.6 is 11.8 Å². The first-order valence-corrected chi connectivity index (χ1v) is 11.3. The van der Waals surface area contributed by atoms with Crippen LogP contribution in [0.3, 0.4) is 0 Å². The molecule has 0 aliphatic carbocycles. The highest BCUT2D eigenvalue weighted by Gasteiger charge is 2.31. The summed E-state index contributed by atoms with van der Waals surface area (Å²) < 4.78 is 1.75. The van der Waals surface area contributed by atoms with Crippen molar-refractivity contribution in [2.45, 2.75) is 38.3 Å². The number of aryl methyl sites for hydroxylation is 1. The molecule has 1 aromatic carbocycles. The Morgan fingerprint density at radius 3 is 2.25 bits per heavy atom. The lowest BCUT2D eigenvalue weighted by molar-refractivity contribution is 0.111. The van der Waals surface area contributed by atoms with E-state index in [-0.39, 0.29) is 17.4 Å². The van der Waals surface area contributed by atoms with Crippen LogP contribution in [0, 0.1) is 6.92 Å². The minimum atomic E-state index is -0.235. The van der Waals surface area contributed by atoms with Gasteiger partial charge in [0.15, 0.2) is 0 Å². The second kappa shape index (κ2) is 9.16. The van der Waals surface area contributed by atoms with Crippen LogP contribution in [-0.4, -0.2) is 58.5 Å². The minimum absolute atomic E-state index is 0.0862. The lowest BCUT2D eigenvalue weighted by Gasteiger charge is -2.39. The lowest BCUT2D eigenvalue weighted by Crippen LogP contribution is -2.48. The molecule has 1 aliphatic rings. The summed E-state index contributed by atoms with van der Waals surface area (Å²) in [7, 11) is 0. The third-order valence-electron chi connectivity index (χ3n) is 5.76. The third-order valence-corrected chi connectivity index (χ3v) is 6.51. The number of aromatic nitrogens is 1. The highest BCUT2D eigenvalue weighted by Crippen LogP contribution is 2.34. The Balaban J connectivity index is 2.10. The monoisotopic (exact) mass is 401 g/mol. The lowest BCUT2D eigenvalue weighted by atomic mass is 9.96. The van der Waals surface area contributed by atoms with E-state index >= 15 is 0 Å². The molecule has 3 rings (SSSR count). The highest BCUT2D eigenvalue weighted by molar-refractivity contribution is 7.98. The number of benzene rings is 1. The van der Waals surface area contributed by atoms with E-state index in [1.807, 2.05) is 13.8 Å². The van der Waals surface area contributed by atoms with E-state index in [0.29, 0.717) is 12.1 Å². The molecule has 1 fully saturated rings. The number of pyridine rings is 1. The summed E-state index contributed by atoms with van der Waals surface area (Å²) in [6.07, 6.45) is 2.06. The van der Waals surface area contributed by atoms with Crippen molar-refractivity contribution in [2.24, 2.45) is 0 Å². The molecule has 0 spiro atoms. The zero-order valence-electron chi connectivity index (χ0n) is 17.3. The molecule has 1 atom stereocenters. The van der Waals surface area contributed by atoms with Crippen molar-refractivity contribution in [3.63, 3.8) is 0 Å². The van der Waals surface area contributed by atoms with Gasteiger partial charge in [-0.05, 0) is 50.4 Å². The maximum absolute atomic E-state index is 13.3. The van der Waals surface area contributed by atoms with Crippen LogP contribution in [0.5, 0.6) is 5.75 Å². The Kier molecular flexibility index (Phi) is 6.86. The first-order chi connectivity index (χ1) is 13.5. The van der Waals surface area contributed by atoms with Gasteiger partial charge < -0.3 is 14.6 Å². The third kappa shape index (κ3) is 4.14. The van der Waals surface area contributed by atoms with Crippen molar-refractivity contribution in [3.8, 4) is 5.75 Å². The summed E-state index contributed by atoms with van der Waals surface area (Å²) in [6.45, 7) is 11.4. The molecular formula is C22H31N3O2S. The van der Waals surface area contributed by atoms with Crippen LogP contribution < -0.4 is 5.56 Å². The van der Waals surface area contributed by atoms with Crippen LogP contribution in [0.4, 0.5) is 0 Å². The number of aromatic hydroxyl groups is 1.